The Morgan fingerprint density at radius 1 is 1.33 bits per heavy atom. The van der Waals surface area contributed by atoms with E-state index in [1.165, 1.54) is 0 Å². The van der Waals surface area contributed by atoms with Crippen LogP contribution < -0.4 is 5.32 Å². The maximum absolute atomic E-state index is 12.9. The average molecular weight is 291 g/mol. The molecular formula is C17H29N3O. The zero-order valence-electron chi connectivity index (χ0n) is 13.8. The van der Waals surface area contributed by atoms with E-state index in [1.54, 1.807) is 0 Å². The molecule has 1 aromatic heterocycles. The van der Waals surface area contributed by atoms with Gasteiger partial charge in [-0.15, -0.1) is 0 Å². The van der Waals surface area contributed by atoms with E-state index in [-0.39, 0.29) is 11.9 Å². The summed E-state index contributed by atoms with van der Waals surface area (Å²) < 4.78 is 2.19. The molecule has 0 saturated carbocycles. The highest BCUT2D eigenvalue weighted by atomic mass is 16.2. The lowest BCUT2D eigenvalue weighted by atomic mass is 10.1. The number of rotatable bonds is 5. The second-order valence-corrected chi connectivity index (χ2v) is 6.73. The first-order valence-corrected chi connectivity index (χ1v) is 8.19. The number of nitrogens with zero attached hydrogens (tertiary/aromatic N) is 2. The Balaban J connectivity index is 2.20. The van der Waals surface area contributed by atoms with Crippen LogP contribution in [0.4, 0.5) is 0 Å². The molecule has 1 fully saturated rings. The first kappa shape index (κ1) is 16.1. The van der Waals surface area contributed by atoms with Crippen LogP contribution in [0.1, 0.15) is 57.1 Å². The van der Waals surface area contributed by atoms with E-state index in [2.05, 4.69) is 43.8 Å². The summed E-state index contributed by atoms with van der Waals surface area (Å²) in [6.07, 6.45) is 4.26. The monoisotopic (exact) mass is 291 g/mol. The largest absolute Gasteiger partial charge is 0.340 e. The van der Waals surface area contributed by atoms with Gasteiger partial charge in [-0.05, 0) is 57.8 Å². The van der Waals surface area contributed by atoms with Crippen LogP contribution in [0.2, 0.25) is 0 Å². The summed E-state index contributed by atoms with van der Waals surface area (Å²) in [4.78, 5) is 14.9. The molecule has 4 heteroatoms. The molecule has 1 aliphatic rings. The smallest absolute Gasteiger partial charge is 0.270 e. The SMILES string of the molecule is CC(C)CN(C(=O)c1cccn1C1CCNCC1)C(C)C. The van der Waals surface area contributed by atoms with Crippen molar-refractivity contribution in [2.24, 2.45) is 5.92 Å². The summed E-state index contributed by atoms with van der Waals surface area (Å²) in [5.41, 5.74) is 0.844. The number of carbonyl (C=O) groups excluding carboxylic acids is 1. The number of aromatic nitrogens is 1. The van der Waals surface area contributed by atoms with Crippen molar-refractivity contribution in [3.8, 4) is 0 Å². The van der Waals surface area contributed by atoms with Crippen LogP contribution in [0, 0.1) is 5.92 Å². The van der Waals surface area contributed by atoms with Gasteiger partial charge in [0, 0.05) is 24.8 Å². The van der Waals surface area contributed by atoms with Gasteiger partial charge in [0.15, 0.2) is 0 Å². The van der Waals surface area contributed by atoms with E-state index < -0.39 is 0 Å². The molecule has 1 aliphatic heterocycles. The van der Waals surface area contributed by atoms with E-state index in [4.69, 9.17) is 0 Å². The van der Waals surface area contributed by atoms with Crippen LogP contribution >= 0.6 is 0 Å². The molecule has 1 amide bonds. The van der Waals surface area contributed by atoms with Crippen molar-refractivity contribution in [1.82, 2.24) is 14.8 Å². The summed E-state index contributed by atoms with van der Waals surface area (Å²) >= 11 is 0. The van der Waals surface area contributed by atoms with Gasteiger partial charge in [0.2, 0.25) is 0 Å². The fourth-order valence-electron chi connectivity index (χ4n) is 3.05. The van der Waals surface area contributed by atoms with Gasteiger partial charge in [-0.25, -0.2) is 0 Å². The average Bonchev–Trinajstić information content (AvgIpc) is 2.94. The molecule has 1 aromatic rings. The van der Waals surface area contributed by atoms with Gasteiger partial charge < -0.3 is 14.8 Å². The summed E-state index contributed by atoms with van der Waals surface area (Å²) in [6, 6.07) is 4.66. The molecule has 1 saturated heterocycles. The third kappa shape index (κ3) is 3.88. The number of carbonyl (C=O) groups is 1. The van der Waals surface area contributed by atoms with E-state index >= 15 is 0 Å². The summed E-state index contributed by atoms with van der Waals surface area (Å²) in [5.74, 6) is 0.654. The fraction of sp³-hybridized carbons (Fsp3) is 0.706. The molecule has 1 N–H and O–H groups in total. The minimum Gasteiger partial charge on any atom is -0.340 e. The van der Waals surface area contributed by atoms with E-state index in [0.29, 0.717) is 12.0 Å². The third-order valence-corrected chi connectivity index (χ3v) is 4.15. The Morgan fingerprint density at radius 3 is 2.57 bits per heavy atom. The van der Waals surface area contributed by atoms with Crippen molar-refractivity contribution >= 4 is 5.91 Å². The van der Waals surface area contributed by atoms with E-state index in [0.717, 1.165) is 38.2 Å². The maximum atomic E-state index is 12.9. The Kier molecular flexibility index (Phi) is 5.45. The maximum Gasteiger partial charge on any atom is 0.270 e. The number of nitrogens with one attached hydrogen (secondary N) is 1. The third-order valence-electron chi connectivity index (χ3n) is 4.15. The molecule has 0 unspecified atom stereocenters. The molecule has 2 rings (SSSR count). The first-order chi connectivity index (χ1) is 10.0. The van der Waals surface area contributed by atoms with Gasteiger partial charge in [0.05, 0.1) is 0 Å². The summed E-state index contributed by atoms with van der Waals surface area (Å²) in [5, 5.41) is 3.38. The number of piperidine rings is 1. The number of amides is 1. The fourth-order valence-corrected chi connectivity index (χ4v) is 3.05. The van der Waals surface area contributed by atoms with E-state index in [1.807, 2.05) is 17.0 Å². The molecule has 2 heterocycles. The highest BCUT2D eigenvalue weighted by Gasteiger charge is 2.25. The Morgan fingerprint density at radius 2 is 2.00 bits per heavy atom. The van der Waals surface area contributed by atoms with Crippen LogP contribution in [-0.4, -0.2) is 41.1 Å². The highest BCUT2D eigenvalue weighted by molar-refractivity contribution is 5.93. The van der Waals surface area contributed by atoms with Crippen LogP contribution in [0.25, 0.3) is 0 Å². The second kappa shape index (κ2) is 7.12. The number of hydrogen-bond acceptors (Lipinski definition) is 2. The second-order valence-electron chi connectivity index (χ2n) is 6.73. The Labute approximate surface area is 128 Å². The molecule has 0 bridgehead atoms. The van der Waals surface area contributed by atoms with Crippen molar-refractivity contribution in [3.63, 3.8) is 0 Å². The predicted octanol–water partition coefficient (Wildman–Crippen LogP) is 2.92. The van der Waals surface area contributed by atoms with Crippen molar-refractivity contribution in [2.45, 2.75) is 52.6 Å². The molecule has 21 heavy (non-hydrogen) atoms. The predicted molar refractivity (Wildman–Crippen MR) is 86.6 cm³/mol. The molecule has 4 nitrogen and oxygen atoms in total. The zero-order valence-corrected chi connectivity index (χ0v) is 13.8. The lowest BCUT2D eigenvalue weighted by molar-refractivity contribution is 0.0667. The van der Waals surface area contributed by atoms with E-state index in [9.17, 15) is 4.79 Å². The van der Waals surface area contributed by atoms with Crippen molar-refractivity contribution < 1.29 is 4.79 Å². The Hall–Kier alpha value is -1.29. The lowest BCUT2D eigenvalue weighted by Gasteiger charge is -2.31. The van der Waals surface area contributed by atoms with Crippen molar-refractivity contribution in [1.29, 1.82) is 0 Å². The Bertz CT molecular complexity index is 458. The normalized spacial score (nSPS) is 16.7. The van der Waals surface area contributed by atoms with Gasteiger partial charge in [0.25, 0.3) is 5.91 Å². The molecule has 0 aliphatic carbocycles. The van der Waals surface area contributed by atoms with Crippen LogP contribution in [0.5, 0.6) is 0 Å². The first-order valence-electron chi connectivity index (χ1n) is 8.19. The van der Waals surface area contributed by atoms with Crippen LogP contribution in [-0.2, 0) is 0 Å². The van der Waals surface area contributed by atoms with Gasteiger partial charge >= 0.3 is 0 Å². The van der Waals surface area contributed by atoms with Crippen LogP contribution in [0.3, 0.4) is 0 Å². The minimum absolute atomic E-state index is 0.169. The molecule has 0 radical (unpaired) electrons. The lowest BCUT2D eigenvalue weighted by Crippen LogP contribution is -2.41. The minimum atomic E-state index is 0.169. The zero-order chi connectivity index (χ0) is 15.4. The van der Waals surface area contributed by atoms with Gasteiger partial charge in [-0.1, -0.05) is 13.8 Å². The quantitative estimate of drug-likeness (QED) is 0.905. The topological polar surface area (TPSA) is 37.3 Å². The molecule has 0 atom stereocenters. The van der Waals surface area contributed by atoms with Crippen molar-refractivity contribution in [2.75, 3.05) is 19.6 Å². The summed E-state index contributed by atoms with van der Waals surface area (Å²) in [7, 11) is 0. The molecule has 0 aromatic carbocycles. The molecule has 0 spiro atoms. The summed E-state index contributed by atoms with van der Waals surface area (Å²) in [6.45, 7) is 11.4. The number of hydrogen-bond donors (Lipinski definition) is 1. The molecule has 118 valence electrons. The van der Waals surface area contributed by atoms with Gasteiger partial charge in [-0.3, -0.25) is 4.79 Å². The van der Waals surface area contributed by atoms with Gasteiger partial charge in [0.1, 0.15) is 5.69 Å². The molecular weight excluding hydrogens is 262 g/mol. The highest BCUT2D eigenvalue weighted by Crippen LogP contribution is 2.23. The van der Waals surface area contributed by atoms with Crippen molar-refractivity contribution in [3.05, 3.63) is 24.0 Å². The standard InChI is InChI=1S/C17H29N3O/c1-13(2)12-20(14(3)4)17(21)16-6-5-11-19(16)15-7-9-18-10-8-15/h5-6,11,13-15,18H,7-10,12H2,1-4H3. The van der Waals surface area contributed by atoms with Gasteiger partial charge in [-0.2, -0.15) is 0 Å². The van der Waals surface area contributed by atoms with Crippen LogP contribution in [0.15, 0.2) is 18.3 Å².